The van der Waals surface area contributed by atoms with E-state index < -0.39 is 10.0 Å². The summed E-state index contributed by atoms with van der Waals surface area (Å²) >= 11 is 6.01. The SMILES string of the molecule is CC(=O)CN1CCN(S(=O)(=O)c2ccc(C)c(Cl)c2)CC1. The van der Waals surface area contributed by atoms with Crippen molar-refractivity contribution in [1.29, 1.82) is 0 Å². The Morgan fingerprint density at radius 1 is 1.24 bits per heavy atom. The highest BCUT2D eigenvalue weighted by atomic mass is 35.5. The lowest BCUT2D eigenvalue weighted by atomic mass is 10.2. The molecule has 7 heteroatoms. The zero-order chi connectivity index (χ0) is 15.6. The van der Waals surface area contributed by atoms with Crippen LogP contribution in [0.3, 0.4) is 0 Å². The van der Waals surface area contributed by atoms with Crippen LogP contribution in [0, 0.1) is 6.92 Å². The number of sulfonamides is 1. The monoisotopic (exact) mass is 330 g/mol. The molecule has 1 fully saturated rings. The molecule has 0 saturated carbocycles. The number of carbonyl (C=O) groups is 1. The molecule has 0 amide bonds. The molecule has 0 radical (unpaired) electrons. The molecule has 2 rings (SSSR count). The van der Waals surface area contributed by atoms with Gasteiger partial charge in [0.15, 0.2) is 0 Å². The van der Waals surface area contributed by atoms with Crippen molar-refractivity contribution in [2.45, 2.75) is 18.7 Å². The van der Waals surface area contributed by atoms with Crippen molar-refractivity contribution < 1.29 is 13.2 Å². The fraction of sp³-hybridized carbons (Fsp3) is 0.500. The quantitative estimate of drug-likeness (QED) is 0.840. The highest BCUT2D eigenvalue weighted by Gasteiger charge is 2.28. The van der Waals surface area contributed by atoms with E-state index in [0.717, 1.165) is 5.56 Å². The van der Waals surface area contributed by atoms with E-state index in [1.165, 1.54) is 17.3 Å². The highest BCUT2D eigenvalue weighted by molar-refractivity contribution is 7.89. The van der Waals surface area contributed by atoms with Gasteiger partial charge in [-0.15, -0.1) is 0 Å². The molecule has 1 aliphatic heterocycles. The Hall–Kier alpha value is -0.950. The van der Waals surface area contributed by atoms with Crippen LogP contribution in [0.5, 0.6) is 0 Å². The first-order valence-electron chi connectivity index (χ1n) is 6.79. The third-order valence-corrected chi connectivity index (χ3v) is 5.86. The molecule has 1 saturated heterocycles. The van der Waals surface area contributed by atoms with E-state index >= 15 is 0 Å². The molecular weight excluding hydrogens is 312 g/mol. The fourth-order valence-corrected chi connectivity index (χ4v) is 4.02. The van der Waals surface area contributed by atoms with Gasteiger partial charge < -0.3 is 0 Å². The van der Waals surface area contributed by atoms with Crippen molar-refractivity contribution >= 4 is 27.4 Å². The smallest absolute Gasteiger partial charge is 0.243 e. The molecule has 1 aromatic carbocycles. The molecule has 1 aromatic rings. The average molecular weight is 331 g/mol. The topological polar surface area (TPSA) is 57.7 Å². The summed E-state index contributed by atoms with van der Waals surface area (Å²) in [6, 6.07) is 4.79. The molecule has 0 aromatic heterocycles. The van der Waals surface area contributed by atoms with E-state index in [1.807, 2.05) is 11.8 Å². The molecular formula is C14H19ClN2O3S. The number of benzene rings is 1. The second-order valence-electron chi connectivity index (χ2n) is 5.29. The standard InChI is InChI=1S/C14H19ClN2O3S/c1-11-3-4-13(9-14(11)15)21(19,20)17-7-5-16(6-8-17)10-12(2)18/h3-4,9H,5-8,10H2,1-2H3. The Kier molecular flexibility index (Phi) is 5.03. The van der Waals surface area contributed by atoms with Crippen LogP contribution >= 0.6 is 11.6 Å². The van der Waals surface area contributed by atoms with E-state index in [0.29, 0.717) is 37.7 Å². The van der Waals surface area contributed by atoms with E-state index in [9.17, 15) is 13.2 Å². The first-order chi connectivity index (χ1) is 9.80. The van der Waals surface area contributed by atoms with Crippen LogP contribution in [0.1, 0.15) is 12.5 Å². The number of rotatable bonds is 4. The molecule has 0 bridgehead atoms. The van der Waals surface area contributed by atoms with Crippen molar-refractivity contribution in [3.05, 3.63) is 28.8 Å². The predicted molar refractivity (Wildman–Crippen MR) is 82.1 cm³/mol. The van der Waals surface area contributed by atoms with Crippen LogP contribution in [-0.4, -0.2) is 56.1 Å². The summed E-state index contributed by atoms with van der Waals surface area (Å²) in [5.74, 6) is 0.0941. The Bertz CT molecular complexity index is 638. The van der Waals surface area contributed by atoms with Gasteiger partial charge in [0, 0.05) is 31.2 Å². The van der Waals surface area contributed by atoms with E-state index in [2.05, 4.69) is 0 Å². The van der Waals surface area contributed by atoms with Crippen molar-refractivity contribution in [2.24, 2.45) is 0 Å². The summed E-state index contributed by atoms with van der Waals surface area (Å²) in [7, 11) is -3.52. The number of aryl methyl sites for hydroxylation is 1. The number of ketones is 1. The van der Waals surface area contributed by atoms with E-state index in [-0.39, 0.29) is 10.7 Å². The third-order valence-electron chi connectivity index (χ3n) is 3.56. The van der Waals surface area contributed by atoms with Gasteiger partial charge in [-0.05, 0) is 31.5 Å². The number of hydrogen-bond donors (Lipinski definition) is 0. The van der Waals surface area contributed by atoms with Crippen molar-refractivity contribution in [1.82, 2.24) is 9.21 Å². The highest BCUT2D eigenvalue weighted by Crippen LogP contribution is 2.23. The van der Waals surface area contributed by atoms with Gasteiger partial charge in [0.1, 0.15) is 5.78 Å². The number of Topliss-reactive ketones (excluding diaryl/α,β-unsaturated/α-hetero) is 1. The Morgan fingerprint density at radius 2 is 1.86 bits per heavy atom. The molecule has 21 heavy (non-hydrogen) atoms. The van der Waals surface area contributed by atoms with Crippen molar-refractivity contribution in [2.75, 3.05) is 32.7 Å². The lowest BCUT2D eigenvalue weighted by Crippen LogP contribution is -2.49. The van der Waals surface area contributed by atoms with Gasteiger partial charge in [-0.1, -0.05) is 17.7 Å². The molecule has 5 nitrogen and oxygen atoms in total. The lowest BCUT2D eigenvalue weighted by molar-refractivity contribution is -0.118. The summed E-state index contributed by atoms with van der Waals surface area (Å²) in [6.45, 7) is 5.67. The van der Waals surface area contributed by atoms with Crippen LogP contribution < -0.4 is 0 Å². The van der Waals surface area contributed by atoms with Crippen LogP contribution in [0.4, 0.5) is 0 Å². The maximum absolute atomic E-state index is 12.6. The van der Waals surface area contributed by atoms with Gasteiger partial charge in [-0.3, -0.25) is 9.69 Å². The molecule has 116 valence electrons. The minimum Gasteiger partial charge on any atom is -0.299 e. The lowest BCUT2D eigenvalue weighted by Gasteiger charge is -2.33. The normalized spacial score (nSPS) is 17.9. The molecule has 0 unspecified atom stereocenters. The molecule has 0 aliphatic carbocycles. The number of nitrogens with zero attached hydrogens (tertiary/aromatic N) is 2. The first kappa shape index (κ1) is 16.4. The second-order valence-corrected chi connectivity index (χ2v) is 7.64. The molecule has 1 heterocycles. The van der Waals surface area contributed by atoms with Gasteiger partial charge in [0.25, 0.3) is 0 Å². The summed E-state index contributed by atoms with van der Waals surface area (Å²) < 4.78 is 26.6. The number of carbonyl (C=O) groups excluding carboxylic acids is 1. The number of halogens is 1. The van der Waals surface area contributed by atoms with Crippen LogP contribution in [-0.2, 0) is 14.8 Å². The maximum atomic E-state index is 12.6. The zero-order valence-electron chi connectivity index (χ0n) is 12.2. The van der Waals surface area contributed by atoms with Gasteiger partial charge in [-0.25, -0.2) is 8.42 Å². The number of hydrogen-bond acceptors (Lipinski definition) is 4. The van der Waals surface area contributed by atoms with E-state index in [4.69, 9.17) is 11.6 Å². The fourth-order valence-electron chi connectivity index (χ4n) is 2.33. The largest absolute Gasteiger partial charge is 0.299 e. The minimum atomic E-state index is -3.52. The molecule has 0 atom stereocenters. The molecule has 0 N–H and O–H groups in total. The summed E-state index contributed by atoms with van der Waals surface area (Å²) in [6.07, 6.45) is 0. The molecule has 0 spiro atoms. The van der Waals surface area contributed by atoms with Crippen molar-refractivity contribution in [3.8, 4) is 0 Å². The first-order valence-corrected chi connectivity index (χ1v) is 8.60. The van der Waals surface area contributed by atoms with Gasteiger partial charge in [0.2, 0.25) is 10.0 Å². The van der Waals surface area contributed by atoms with Gasteiger partial charge in [0.05, 0.1) is 11.4 Å². The summed E-state index contributed by atoms with van der Waals surface area (Å²) in [5, 5.41) is 0.450. The predicted octanol–water partition coefficient (Wildman–Crippen LogP) is 1.54. The van der Waals surface area contributed by atoms with Crippen LogP contribution in [0.15, 0.2) is 23.1 Å². The average Bonchev–Trinajstić information content (AvgIpc) is 2.41. The van der Waals surface area contributed by atoms with Crippen LogP contribution in [0.2, 0.25) is 5.02 Å². The Balaban J connectivity index is 2.11. The zero-order valence-corrected chi connectivity index (χ0v) is 13.7. The van der Waals surface area contributed by atoms with Gasteiger partial charge >= 0.3 is 0 Å². The van der Waals surface area contributed by atoms with Gasteiger partial charge in [-0.2, -0.15) is 4.31 Å². The third kappa shape index (κ3) is 3.83. The Morgan fingerprint density at radius 3 is 2.38 bits per heavy atom. The number of piperazine rings is 1. The summed E-state index contributed by atoms with van der Waals surface area (Å²) in [5.41, 5.74) is 0.849. The Labute approximate surface area is 130 Å². The molecule has 1 aliphatic rings. The maximum Gasteiger partial charge on any atom is 0.243 e. The second kappa shape index (κ2) is 6.44. The van der Waals surface area contributed by atoms with E-state index in [1.54, 1.807) is 12.1 Å². The van der Waals surface area contributed by atoms with Crippen molar-refractivity contribution in [3.63, 3.8) is 0 Å². The minimum absolute atomic E-state index is 0.0941. The summed E-state index contributed by atoms with van der Waals surface area (Å²) in [4.78, 5) is 13.3. The van der Waals surface area contributed by atoms with Crippen LogP contribution in [0.25, 0.3) is 0 Å².